The number of aromatic nitrogens is 2. The zero-order chi connectivity index (χ0) is 23.1. The van der Waals surface area contributed by atoms with Crippen LogP contribution < -0.4 is 11.2 Å². The van der Waals surface area contributed by atoms with Crippen LogP contribution in [0.1, 0.15) is 13.2 Å². The zero-order valence-corrected chi connectivity index (χ0v) is 19.1. The number of halogens is 6. The van der Waals surface area contributed by atoms with Gasteiger partial charge in [0.05, 0.1) is 0 Å². The molecular formula is C14H12Cl6N2O8. The summed E-state index contributed by atoms with van der Waals surface area (Å²) in [5.41, 5.74) is -3.79. The van der Waals surface area contributed by atoms with Crippen LogP contribution in [0.2, 0.25) is 0 Å². The van der Waals surface area contributed by atoms with Crippen LogP contribution in [0.3, 0.4) is 0 Å². The van der Waals surface area contributed by atoms with Gasteiger partial charge in [-0.25, -0.2) is 14.4 Å². The number of alkyl halides is 6. The van der Waals surface area contributed by atoms with Gasteiger partial charge in [0, 0.05) is 12.3 Å². The van der Waals surface area contributed by atoms with Crippen LogP contribution in [0.25, 0.3) is 0 Å². The van der Waals surface area contributed by atoms with Gasteiger partial charge in [0.2, 0.25) is 0 Å². The fourth-order valence-electron chi connectivity index (χ4n) is 2.59. The summed E-state index contributed by atoms with van der Waals surface area (Å²) >= 11 is 32.7. The molecule has 16 heteroatoms. The third kappa shape index (κ3) is 5.74. The third-order valence-corrected chi connectivity index (χ3v) is 4.82. The summed E-state index contributed by atoms with van der Waals surface area (Å²) < 4.78 is 11.3. The van der Waals surface area contributed by atoms with Crippen molar-refractivity contribution in [2.24, 2.45) is 0 Å². The minimum atomic E-state index is -2.51. The minimum Gasteiger partial charge on any atom is -0.460 e. The first-order valence-corrected chi connectivity index (χ1v) is 10.0. The van der Waals surface area contributed by atoms with E-state index in [9.17, 15) is 24.3 Å². The van der Waals surface area contributed by atoms with Gasteiger partial charge in [-0.05, 0) is 6.92 Å². The Bertz CT molecular complexity index is 934. The first-order valence-electron chi connectivity index (χ1n) is 7.76. The Morgan fingerprint density at radius 1 is 1.20 bits per heavy atom. The van der Waals surface area contributed by atoms with Gasteiger partial charge in [0.15, 0.2) is 12.3 Å². The van der Waals surface area contributed by atoms with Crippen LogP contribution in [-0.2, 0) is 23.8 Å². The van der Waals surface area contributed by atoms with E-state index in [0.29, 0.717) is 0 Å². The van der Waals surface area contributed by atoms with Gasteiger partial charge < -0.3 is 19.3 Å². The van der Waals surface area contributed by atoms with Crippen molar-refractivity contribution in [1.29, 1.82) is 0 Å². The molecule has 1 aliphatic heterocycles. The van der Waals surface area contributed by atoms with E-state index in [1.807, 2.05) is 4.98 Å². The second kappa shape index (κ2) is 9.03. The van der Waals surface area contributed by atoms with Crippen molar-refractivity contribution in [3.05, 3.63) is 33.1 Å². The van der Waals surface area contributed by atoms with E-state index < -0.39 is 61.4 Å². The van der Waals surface area contributed by atoms with E-state index >= 15 is 0 Å². The number of rotatable bonds is 4. The van der Waals surface area contributed by atoms with E-state index in [0.717, 1.165) is 23.8 Å². The lowest BCUT2D eigenvalue weighted by molar-refractivity contribution is -0.164. The van der Waals surface area contributed by atoms with E-state index in [1.165, 1.54) is 0 Å². The minimum absolute atomic E-state index is 0.685. The van der Waals surface area contributed by atoms with Crippen LogP contribution in [0.5, 0.6) is 0 Å². The molecule has 2 heterocycles. The average molecular weight is 549 g/mol. The van der Waals surface area contributed by atoms with Crippen LogP contribution in [0, 0.1) is 0 Å². The molecule has 1 aliphatic rings. The molecule has 0 unspecified atom stereocenters. The number of H-pyrrole nitrogens is 1. The maximum atomic E-state index is 12.1. The van der Waals surface area contributed by atoms with Crippen molar-refractivity contribution in [3.63, 3.8) is 0 Å². The number of carbonyl (C=O) groups excluding carboxylic acids is 2. The molecule has 0 aliphatic carbocycles. The van der Waals surface area contributed by atoms with Gasteiger partial charge >= 0.3 is 17.6 Å². The second-order valence-corrected chi connectivity index (χ2v) is 10.8. The fraction of sp³-hybridized carbons (Fsp3) is 0.571. The smallest absolute Gasteiger partial charge is 0.359 e. The predicted octanol–water partition coefficient (Wildman–Crippen LogP) is 1.38. The van der Waals surface area contributed by atoms with Crippen molar-refractivity contribution < 1.29 is 28.9 Å². The molecule has 168 valence electrons. The number of nitrogens with zero attached hydrogens (tertiary/aromatic N) is 1. The number of esters is 2. The fourth-order valence-corrected chi connectivity index (χ4v) is 2.89. The van der Waals surface area contributed by atoms with Crippen molar-refractivity contribution in [1.82, 2.24) is 9.55 Å². The Kier molecular flexibility index (Phi) is 7.69. The summed E-state index contributed by atoms with van der Waals surface area (Å²) in [7, 11) is 0. The molecule has 4 atom stereocenters. The van der Waals surface area contributed by atoms with Crippen molar-refractivity contribution in [2.75, 3.05) is 6.61 Å². The third-order valence-electron chi connectivity index (χ3n) is 3.90. The highest BCUT2D eigenvalue weighted by Crippen LogP contribution is 2.41. The van der Waals surface area contributed by atoms with Gasteiger partial charge in [-0.2, -0.15) is 0 Å². The molecule has 2 rings (SSSR count). The molecule has 30 heavy (non-hydrogen) atoms. The van der Waals surface area contributed by atoms with Crippen molar-refractivity contribution in [2.45, 2.75) is 38.5 Å². The SMILES string of the molecule is C[C@]1(O)[C@H](OC(=O)C(Cl)(Cl)Cl)[C@@H](COC(=O)C(Cl)(Cl)Cl)O[C@H]1n1ccc(=O)[nH]c1=O. The van der Waals surface area contributed by atoms with Gasteiger partial charge in [-0.1, -0.05) is 69.6 Å². The van der Waals surface area contributed by atoms with Crippen LogP contribution in [0.4, 0.5) is 0 Å². The first kappa shape index (κ1) is 25.5. The van der Waals surface area contributed by atoms with Gasteiger partial charge in [-0.15, -0.1) is 0 Å². The largest absolute Gasteiger partial charge is 0.460 e. The van der Waals surface area contributed by atoms with Crippen LogP contribution in [-0.4, -0.2) is 58.6 Å². The van der Waals surface area contributed by atoms with Gasteiger partial charge in [-0.3, -0.25) is 14.3 Å². The molecule has 1 saturated heterocycles. The summed E-state index contributed by atoms with van der Waals surface area (Å²) in [4.78, 5) is 49.1. The summed E-state index contributed by atoms with van der Waals surface area (Å²) in [6, 6.07) is 0.985. The first-order chi connectivity index (χ1) is 13.5. The maximum absolute atomic E-state index is 12.1. The molecule has 0 amide bonds. The maximum Gasteiger partial charge on any atom is 0.359 e. The molecule has 0 bridgehead atoms. The molecule has 0 aromatic carbocycles. The molecule has 1 aromatic rings. The van der Waals surface area contributed by atoms with Gasteiger partial charge in [0.25, 0.3) is 13.1 Å². The standard InChI is InChI=1S/C14H12Cl6N2O8/c1-12(27)7(30-10(25)14(18,19)20)5(4-28-9(24)13(15,16)17)29-8(12)22-3-2-6(23)21-11(22)26/h2-3,5,7-8,27H,4H2,1H3,(H,21,23,26)/t5-,7-,8-,12+/m1/s1. The Balaban J connectivity index is 2.39. The van der Waals surface area contributed by atoms with E-state index in [1.54, 1.807) is 0 Å². The van der Waals surface area contributed by atoms with E-state index in [4.69, 9.17) is 83.8 Å². The highest BCUT2D eigenvalue weighted by molar-refractivity contribution is 6.76. The monoisotopic (exact) mass is 546 g/mol. The molecule has 1 fully saturated rings. The lowest BCUT2D eigenvalue weighted by Gasteiger charge is -2.30. The highest BCUT2D eigenvalue weighted by Gasteiger charge is 2.58. The Labute approximate surface area is 197 Å². The quantitative estimate of drug-likeness (QED) is 0.425. The van der Waals surface area contributed by atoms with Gasteiger partial charge in [0.1, 0.15) is 18.3 Å². The molecule has 10 nitrogen and oxygen atoms in total. The molecular weight excluding hydrogens is 537 g/mol. The summed E-state index contributed by atoms with van der Waals surface area (Å²) in [6.07, 6.45) is -3.50. The van der Waals surface area contributed by atoms with Crippen LogP contribution >= 0.6 is 69.6 Å². The predicted molar refractivity (Wildman–Crippen MR) is 107 cm³/mol. The Morgan fingerprint density at radius 2 is 1.77 bits per heavy atom. The number of hydrogen-bond acceptors (Lipinski definition) is 8. The lowest BCUT2D eigenvalue weighted by Crippen LogP contribution is -2.50. The highest BCUT2D eigenvalue weighted by atomic mass is 35.6. The average Bonchev–Trinajstić information content (AvgIpc) is 2.82. The van der Waals surface area contributed by atoms with E-state index in [-0.39, 0.29) is 0 Å². The van der Waals surface area contributed by atoms with Crippen molar-refractivity contribution in [3.8, 4) is 0 Å². The summed E-state index contributed by atoms with van der Waals surface area (Å²) in [5.74, 6) is -2.67. The Morgan fingerprint density at radius 3 is 2.27 bits per heavy atom. The number of hydrogen-bond donors (Lipinski definition) is 2. The zero-order valence-electron chi connectivity index (χ0n) is 14.6. The molecule has 0 radical (unpaired) electrons. The number of ether oxygens (including phenoxy) is 3. The summed E-state index contributed by atoms with van der Waals surface area (Å²) in [6.45, 7) is 0.456. The van der Waals surface area contributed by atoms with Crippen LogP contribution in [0.15, 0.2) is 21.9 Å². The topological polar surface area (TPSA) is 137 Å². The number of aromatic amines is 1. The number of nitrogens with one attached hydrogen (secondary N) is 1. The number of carbonyl (C=O) groups is 2. The van der Waals surface area contributed by atoms with E-state index in [2.05, 4.69) is 0 Å². The normalized spacial score (nSPS) is 27.0. The second-order valence-electron chi connectivity index (χ2n) is 6.19. The molecule has 0 saturated carbocycles. The lowest BCUT2D eigenvalue weighted by atomic mass is 9.96. The molecule has 0 spiro atoms. The molecule has 2 N–H and O–H groups in total. The Hall–Kier alpha value is -0.720. The van der Waals surface area contributed by atoms with Crippen molar-refractivity contribution >= 4 is 81.5 Å². The molecule has 1 aromatic heterocycles. The summed E-state index contributed by atoms with van der Waals surface area (Å²) in [5, 5.41) is 11.0. The number of aliphatic hydroxyl groups is 1.